The minimum atomic E-state index is -0.0332. The molecule has 0 saturated carbocycles. The van der Waals surface area contributed by atoms with Crippen molar-refractivity contribution in [3.05, 3.63) is 199 Å². The fourth-order valence-electron chi connectivity index (χ4n) is 8.28. The van der Waals surface area contributed by atoms with E-state index in [4.69, 9.17) is 4.42 Å². The fourth-order valence-corrected chi connectivity index (χ4v) is 8.28. The summed E-state index contributed by atoms with van der Waals surface area (Å²) >= 11 is 0. The van der Waals surface area contributed by atoms with E-state index in [0.29, 0.717) is 0 Å². The Kier molecular flexibility index (Phi) is 7.19. The van der Waals surface area contributed by atoms with Gasteiger partial charge in [0.25, 0.3) is 0 Å². The highest BCUT2D eigenvalue weighted by Gasteiger charge is 2.35. The van der Waals surface area contributed by atoms with Crippen LogP contribution in [0.3, 0.4) is 0 Å². The van der Waals surface area contributed by atoms with Crippen molar-refractivity contribution in [1.29, 1.82) is 0 Å². The predicted molar refractivity (Wildman–Crippen MR) is 222 cm³/mol. The summed E-state index contributed by atoms with van der Waals surface area (Å²) in [6.45, 7) is 4.68. The first-order chi connectivity index (χ1) is 26.0. The third kappa shape index (κ3) is 5.26. The highest BCUT2D eigenvalue weighted by molar-refractivity contribution is 6.05. The molecule has 0 bridgehead atoms. The molecule has 1 heterocycles. The Labute approximate surface area is 310 Å². The van der Waals surface area contributed by atoms with Crippen LogP contribution in [0.25, 0.3) is 66.4 Å². The Morgan fingerprint density at radius 3 is 1.51 bits per heavy atom. The summed E-state index contributed by atoms with van der Waals surface area (Å²) in [5.41, 5.74) is 17.7. The van der Waals surface area contributed by atoms with E-state index in [1.54, 1.807) is 0 Å². The van der Waals surface area contributed by atoms with Gasteiger partial charge in [0.05, 0.1) is 0 Å². The van der Waals surface area contributed by atoms with Crippen molar-refractivity contribution in [2.24, 2.45) is 0 Å². The number of furan rings is 1. The number of fused-ring (bicyclic) bond motifs is 6. The Balaban J connectivity index is 1.01. The number of rotatable bonds is 6. The zero-order chi connectivity index (χ0) is 35.5. The van der Waals surface area contributed by atoms with Crippen LogP contribution in [0.4, 0.5) is 17.1 Å². The average molecular weight is 680 g/mol. The molecule has 0 aliphatic heterocycles. The molecule has 1 aliphatic rings. The molecule has 2 heteroatoms. The first kappa shape index (κ1) is 31.1. The van der Waals surface area contributed by atoms with Gasteiger partial charge < -0.3 is 9.32 Å². The van der Waals surface area contributed by atoms with Crippen molar-refractivity contribution in [2.75, 3.05) is 4.90 Å². The smallest absolute Gasteiger partial charge is 0.136 e. The molecule has 2 nitrogen and oxygen atoms in total. The molecule has 53 heavy (non-hydrogen) atoms. The second-order valence-corrected chi connectivity index (χ2v) is 14.6. The normalized spacial score (nSPS) is 12.9. The predicted octanol–water partition coefficient (Wildman–Crippen LogP) is 14.4. The highest BCUT2D eigenvalue weighted by atomic mass is 16.3. The molecule has 0 spiro atoms. The van der Waals surface area contributed by atoms with Gasteiger partial charge in [0.2, 0.25) is 0 Å². The maximum absolute atomic E-state index is 6.21. The minimum Gasteiger partial charge on any atom is -0.456 e. The quantitative estimate of drug-likeness (QED) is 0.174. The van der Waals surface area contributed by atoms with E-state index in [-0.39, 0.29) is 5.41 Å². The van der Waals surface area contributed by atoms with Crippen LogP contribution in [-0.2, 0) is 5.41 Å². The van der Waals surface area contributed by atoms with Gasteiger partial charge in [-0.1, -0.05) is 141 Å². The van der Waals surface area contributed by atoms with Crippen LogP contribution in [0.2, 0.25) is 0 Å². The van der Waals surface area contributed by atoms with Crippen LogP contribution in [0.5, 0.6) is 0 Å². The van der Waals surface area contributed by atoms with Crippen LogP contribution >= 0.6 is 0 Å². The Bertz CT molecular complexity index is 2770. The van der Waals surface area contributed by atoms with Gasteiger partial charge in [-0.05, 0) is 116 Å². The molecule has 0 radical (unpaired) electrons. The Hall–Kier alpha value is -6.64. The zero-order valence-electron chi connectivity index (χ0n) is 29.8. The van der Waals surface area contributed by atoms with Crippen molar-refractivity contribution in [3.63, 3.8) is 0 Å². The Morgan fingerprint density at radius 1 is 0.358 bits per heavy atom. The first-order valence-electron chi connectivity index (χ1n) is 18.3. The molecule has 1 aromatic heterocycles. The Morgan fingerprint density at radius 2 is 0.830 bits per heavy atom. The van der Waals surface area contributed by atoms with Gasteiger partial charge in [-0.25, -0.2) is 0 Å². The molecule has 8 aromatic carbocycles. The molecule has 0 N–H and O–H groups in total. The van der Waals surface area contributed by atoms with Crippen molar-refractivity contribution in [2.45, 2.75) is 19.3 Å². The summed E-state index contributed by atoms with van der Waals surface area (Å²) in [7, 11) is 0. The lowest BCUT2D eigenvalue weighted by Gasteiger charge is -2.26. The third-order valence-corrected chi connectivity index (χ3v) is 11.1. The lowest BCUT2D eigenvalue weighted by molar-refractivity contribution is 0.660. The summed E-state index contributed by atoms with van der Waals surface area (Å²) < 4.78 is 6.21. The third-order valence-electron chi connectivity index (χ3n) is 11.1. The first-order valence-corrected chi connectivity index (χ1v) is 18.3. The molecule has 10 rings (SSSR count). The minimum absolute atomic E-state index is 0.0332. The van der Waals surface area contributed by atoms with Crippen molar-refractivity contribution in [1.82, 2.24) is 0 Å². The maximum Gasteiger partial charge on any atom is 0.136 e. The number of hydrogen-bond acceptors (Lipinski definition) is 2. The maximum atomic E-state index is 6.21. The lowest BCUT2D eigenvalue weighted by atomic mass is 9.81. The highest BCUT2D eigenvalue weighted by Crippen LogP contribution is 2.49. The number of anilines is 3. The van der Waals surface area contributed by atoms with Gasteiger partial charge in [0.15, 0.2) is 0 Å². The largest absolute Gasteiger partial charge is 0.456 e. The SMILES string of the molecule is CC1(C)c2ccccc2-c2ccc(-c3ccc(N(c4ccc(-c5ccccc5)cc4)c4ccc(-c5ccc6c(c5)oc5ccccc56)cc4)cc3)cc21. The van der Waals surface area contributed by atoms with E-state index in [9.17, 15) is 0 Å². The number of nitrogens with zero attached hydrogens (tertiary/aromatic N) is 1. The van der Waals surface area contributed by atoms with Crippen LogP contribution in [0.1, 0.15) is 25.0 Å². The second kappa shape index (κ2) is 12.3. The molecule has 252 valence electrons. The molecule has 9 aromatic rings. The topological polar surface area (TPSA) is 16.4 Å². The van der Waals surface area contributed by atoms with Crippen LogP contribution in [-0.4, -0.2) is 0 Å². The van der Waals surface area contributed by atoms with E-state index in [1.165, 1.54) is 44.5 Å². The van der Waals surface area contributed by atoms with Gasteiger partial charge in [-0.3, -0.25) is 0 Å². The number of hydrogen-bond donors (Lipinski definition) is 0. The summed E-state index contributed by atoms with van der Waals surface area (Å²) in [6, 6.07) is 67.9. The van der Waals surface area contributed by atoms with Gasteiger partial charge in [-0.15, -0.1) is 0 Å². The molecule has 0 amide bonds. The van der Waals surface area contributed by atoms with Gasteiger partial charge in [-0.2, -0.15) is 0 Å². The summed E-state index contributed by atoms with van der Waals surface area (Å²) in [6.07, 6.45) is 0. The average Bonchev–Trinajstić information content (AvgIpc) is 3.70. The van der Waals surface area contributed by atoms with Crippen LogP contribution < -0.4 is 4.90 Å². The number of benzene rings is 8. The van der Waals surface area contributed by atoms with E-state index in [0.717, 1.165) is 50.1 Å². The van der Waals surface area contributed by atoms with Crippen molar-refractivity contribution in [3.8, 4) is 44.5 Å². The summed E-state index contributed by atoms with van der Waals surface area (Å²) in [4.78, 5) is 2.34. The summed E-state index contributed by atoms with van der Waals surface area (Å²) in [5, 5.41) is 2.29. The van der Waals surface area contributed by atoms with E-state index in [2.05, 4.69) is 195 Å². The zero-order valence-corrected chi connectivity index (χ0v) is 29.8. The van der Waals surface area contributed by atoms with Crippen LogP contribution in [0.15, 0.2) is 192 Å². The van der Waals surface area contributed by atoms with E-state index < -0.39 is 0 Å². The van der Waals surface area contributed by atoms with E-state index >= 15 is 0 Å². The molecule has 0 fully saturated rings. The lowest BCUT2D eigenvalue weighted by Crippen LogP contribution is -2.14. The fraction of sp³-hybridized carbons (Fsp3) is 0.0588. The van der Waals surface area contributed by atoms with Crippen molar-refractivity contribution >= 4 is 39.0 Å². The van der Waals surface area contributed by atoms with Gasteiger partial charge in [0, 0.05) is 33.2 Å². The molecule has 0 saturated heterocycles. The van der Waals surface area contributed by atoms with Crippen LogP contribution in [0, 0.1) is 0 Å². The second-order valence-electron chi connectivity index (χ2n) is 14.6. The van der Waals surface area contributed by atoms with Gasteiger partial charge in [0.1, 0.15) is 11.2 Å². The molecular formula is C51H37NO. The molecule has 1 aliphatic carbocycles. The molecule has 0 unspecified atom stereocenters. The standard InChI is InChI=1S/C51H37NO/c1-51(2)47-14-8-6-12-43(47)44-30-22-38(32-48(44)51)36-18-26-41(27-19-36)52(40-24-16-35(17-25-40)34-10-4-3-5-11-34)42-28-20-37(21-29-42)39-23-31-46-45-13-7-9-15-49(45)53-50(46)33-39/h3-33H,1-2H3. The monoisotopic (exact) mass is 679 g/mol. The summed E-state index contributed by atoms with van der Waals surface area (Å²) in [5.74, 6) is 0. The van der Waals surface area contributed by atoms with Gasteiger partial charge >= 0.3 is 0 Å². The molecular weight excluding hydrogens is 643 g/mol. The molecule has 0 atom stereocenters. The van der Waals surface area contributed by atoms with Crippen molar-refractivity contribution < 1.29 is 4.42 Å². The van der Waals surface area contributed by atoms with E-state index in [1.807, 2.05) is 12.1 Å². The number of para-hydroxylation sites is 1.